The van der Waals surface area contributed by atoms with Gasteiger partial charge in [-0.3, -0.25) is 24.6 Å². The molecule has 14 nitrogen and oxygen atoms in total. The van der Waals surface area contributed by atoms with E-state index in [4.69, 9.17) is 20.6 Å². The maximum atomic E-state index is 13.2. The first-order valence-corrected chi connectivity index (χ1v) is 22.2. The van der Waals surface area contributed by atoms with Crippen LogP contribution in [0.25, 0.3) is 22.3 Å². The molecule has 0 saturated carbocycles. The molecule has 0 spiro atoms. The number of benzene rings is 3. The molecular weight excluding hydrogens is 769 g/mol. The van der Waals surface area contributed by atoms with Crippen LogP contribution < -0.4 is 20.7 Å². The largest absolute Gasteiger partial charge is 0.457 e. The number of aromatic nitrogens is 4. The molecule has 4 saturated heterocycles. The van der Waals surface area contributed by atoms with Gasteiger partial charge in [-0.2, -0.15) is 5.10 Å². The van der Waals surface area contributed by atoms with Gasteiger partial charge in [-0.25, -0.2) is 14.6 Å². The van der Waals surface area contributed by atoms with Crippen molar-refractivity contribution in [1.29, 1.82) is 0 Å². The third-order valence-corrected chi connectivity index (χ3v) is 13.8. The van der Waals surface area contributed by atoms with E-state index < -0.39 is 6.04 Å². The van der Waals surface area contributed by atoms with Crippen LogP contribution in [-0.4, -0.2) is 110 Å². The van der Waals surface area contributed by atoms with Gasteiger partial charge in [-0.1, -0.05) is 18.2 Å². The summed E-state index contributed by atoms with van der Waals surface area (Å²) < 4.78 is 8.16. The number of carbonyl (C=O) groups excluding carboxylic acids is 3. The van der Waals surface area contributed by atoms with Crippen LogP contribution in [0, 0.1) is 5.92 Å². The summed E-state index contributed by atoms with van der Waals surface area (Å²) in [6.45, 7) is 7.92. The molecule has 7 heterocycles. The van der Waals surface area contributed by atoms with Crippen LogP contribution >= 0.6 is 0 Å². The number of hydrogen-bond acceptors (Lipinski definition) is 11. The van der Waals surface area contributed by atoms with Gasteiger partial charge in [-0.05, 0) is 144 Å². The number of rotatable bonds is 10. The summed E-state index contributed by atoms with van der Waals surface area (Å²) in [7, 11) is 0. The van der Waals surface area contributed by atoms with E-state index in [-0.39, 0.29) is 30.2 Å². The number of nitrogens with two attached hydrogens (primary N) is 1. The fraction of sp³-hybridized carbons (Fsp3) is 0.447. The van der Waals surface area contributed by atoms with Gasteiger partial charge in [0.2, 0.25) is 11.8 Å². The number of nitrogens with one attached hydrogen (secondary N) is 1. The molecule has 1 unspecified atom stereocenters. The van der Waals surface area contributed by atoms with E-state index in [1.807, 2.05) is 60.7 Å². The number of anilines is 2. The average molecular weight is 823 g/mol. The highest BCUT2D eigenvalue weighted by Gasteiger charge is 2.39. The highest BCUT2D eigenvalue weighted by molar-refractivity contribution is 6.05. The van der Waals surface area contributed by atoms with Crippen LogP contribution in [0.3, 0.4) is 0 Å². The summed E-state index contributed by atoms with van der Waals surface area (Å²) in [5.41, 5.74) is 11.8. The topological polar surface area (TPSA) is 155 Å². The zero-order valence-electron chi connectivity index (χ0n) is 34.6. The number of nitrogens with zero attached hydrogens (tertiary/aromatic N) is 8. The third-order valence-electron chi connectivity index (χ3n) is 13.8. The van der Waals surface area contributed by atoms with Crippen molar-refractivity contribution >= 4 is 40.3 Å². The molecule has 61 heavy (non-hydrogen) atoms. The number of imide groups is 1. The van der Waals surface area contributed by atoms with Gasteiger partial charge >= 0.3 is 0 Å². The fourth-order valence-corrected chi connectivity index (χ4v) is 10.4. The Morgan fingerprint density at radius 3 is 2.38 bits per heavy atom. The maximum Gasteiger partial charge on any atom is 0.255 e. The number of ether oxygens (including phenoxy) is 1. The zero-order chi connectivity index (χ0) is 41.5. The van der Waals surface area contributed by atoms with Gasteiger partial charge in [0, 0.05) is 55.5 Å². The van der Waals surface area contributed by atoms with E-state index in [0.717, 1.165) is 104 Å². The molecule has 3 N–H and O–H groups in total. The summed E-state index contributed by atoms with van der Waals surface area (Å²) in [6.07, 6.45) is 10.3. The lowest BCUT2D eigenvalue weighted by atomic mass is 9.92. The lowest BCUT2D eigenvalue weighted by molar-refractivity contribution is -0.136. The first-order valence-electron chi connectivity index (χ1n) is 22.2. The number of nitrogen functional groups attached to an aromatic ring is 1. The summed E-state index contributed by atoms with van der Waals surface area (Å²) >= 11 is 0. The SMILES string of the molecule is Nc1ncnc2c1c(-c1ccc(Oc3ccccc3)cc1)nn2[C@@H]1CCCN(C2CCN(CCC3CCN(c4ccc5c(c4)CN(C4CCC(=O)NC4=O)C5=O)CC3)CC2)C1. The lowest BCUT2D eigenvalue weighted by Crippen LogP contribution is -2.52. The van der Waals surface area contributed by atoms with Crippen molar-refractivity contribution in [1.82, 2.24) is 39.8 Å². The highest BCUT2D eigenvalue weighted by Crippen LogP contribution is 2.37. The van der Waals surface area contributed by atoms with Gasteiger partial charge in [0.15, 0.2) is 5.65 Å². The average Bonchev–Trinajstić information content (AvgIpc) is 3.85. The zero-order valence-corrected chi connectivity index (χ0v) is 34.6. The van der Waals surface area contributed by atoms with Crippen molar-refractivity contribution in [2.24, 2.45) is 5.92 Å². The van der Waals surface area contributed by atoms with E-state index in [0.29, 0.717) is 36.3 Å². The van der Waals surface area contributed by atoms with E-state index in [1.165, 1.54) is 32.1 Å². The number of carbonyl (C=O) groups is 3. The molecule has 3 aromatic carbocycles. The Morgan fingerprint density at radius 1 is 0.803 bits per heavy atom. The molecule has 2 aromatic heterocycles. The van der Waals surface area contributed by atoms with Gasteiger partial charge < -0.3 is 25.2 Å². The minimum absolute atomic E-state index is 0.119. The molecule has 0 radical (unpaired) electrons. The molecule has 316 valence electrons. The smallest absolute Gasteiger partial charge is 0.255 e. The van der Waals surface area contributed by atoms with Crippen LogP contribution in [0.4, 0.5) is 11.5 Å². The summed E-state index contributed by atoms with van der Waals surface area (Å²) in [6, 6.07) is 24.1. The molecule has 5 aliphatic rings. The number of hydrogen-bond donors (Lipinski definition) is 2. The number of fused-ring (bicyclic) bond motifs is 2. The second kappa shape index (κ2) is 16.9. The predicted molar refractivity (Wildman–Crippen MR) is 233 cm³/mol. The molecule has 5 aromatic rings. The first kappa shape index (κ1) is 39.3. The van der Waals surface area contributed by atoms with E-state index in [2.05, 4.69) is 41.8 Å². The van der Waals surface area contributed by atoms with E-state index in [9.17, 15) is 14.4 Å². The molecule has 4 fully saturated rings. The number of amides is 3. The third kappa shape index (κ3) is 8.06. The Morgan fingerprint density at radius 2 is 1.59 bits per heavy atom. The molecular formula is C47H54N10O4. The van der Waals surface area contributed by atoms with Crippen molar-refractivity contribution in [2.45, 2.75) is 82.5 Å². The van der Waals surface area contributed by atoms with Crippen LogP contribution in [0.15, 0.2) is 79.1 Å². The van der Waals surface area contributed by atoms with Gasteiger partial charge in [0.05, 0.1) is 11.4 Å². The van der Waals surface area contributed by atoms with Gasteiger partial charge in [0.25, 0.3) is 5.91 Å². The van der Waals surface area contributed by atoms with Crippen molar-refractivity contribution in [3.63, 3.8) is 0 Å². The minimum atomic E-state index is -0.586. The molecule has 10 rings (SSSR count). The molecule has 0 aliphatic carbocycles. The monoisotopic (exact) mass is 822 g/mol. The van der Waals surface area contributed by atoms with Crippen molar-refractivity contribution in [2.75, 3.05) is 56.4 Å². The number of piperidine rings is 4. The summed E-state index contributed by atoms with van der Waals surface area (Å²) in [4.78, 5) is 55.9. The standard InChI is InChI=1S/C47H54N10O4/c48-44-42-43(32-8-11-38(12-9-32)61-37-6-2-1-3-7-37)52-57(45(42)50-30-49-44)36-5-4-21-55(29-36)34-19-23-53(24-20-34)22-16-31-17-25-54(26-18-31)35-10-13-39-33(27-35)28-56(47(39)60)40-14-15-41(58)51-46(40)59/h1-3,6-13,27,30-31,34,36,40H,4-5,14-26,28-29H2,(H2,48,49,50)(H,51,58,59)/t36-,40?/m1/s1. The number of para-hydroxylation sites is 1. The molecule has 0 bridgehead atoms. The molecule has 2 atom stereocenters. The van der Waals surface area contributed by atoms with Crippen LogP contribution in [0.2, 0.25) is 0 Å². The van der Waals surface area contributed by atoms with Gasteiger partial charge in [0.1, 0.15) is 35.4 Å². The Balaban J connectivity index is 0.705. The lowest BCUT2D eigenvalue weighted by Gasteiger charge is -2.42. The van der Waals surface area contributed by atoms with E-state index in [1.54, 1.807) is 11.2 Å². The van der Waals surface area contributed by atoms with Crippen molar-refractivity contribution in [3.8, 4) is 22.8 Å². The predicted octanol–water partition coefficient (Wildman–Crippen LogP) is 6.04. The molecule has 5 aliphatic heterocycles. The Hall–Kier alpha value is -5.86. The quantitative estimate of drug-likeness (QED) is 0.159. The maximum absolute atomic E-state index is 13.2. The molecule has 3 amide bonds. The van der Waals surface area contributed by atoms with Crippen LogP contribution in [0.5, 0.6) is 11.5 Å². The highest BCUT2D eigenvalue weighted by atomic mass is 16.5. The first-order chi connectivity index (χ1) is 29.8. The minimum Gasteiger partial charge on any atom is -0.457 e. The summed E-state index contributed by atoms with van der Waals surface area (Å²) in [5, 5.41) is 8.40. The second-order valence-corrected chi connectivity index (χ2v) is 17.5. The Bertz CT molecular complexity index is 2410. The van der Waals surface area contributed by atoms with Crippen molar-refractivity contribution < 1.29 is 19.1 Å². The second-order valence-electron chi connectivity index (χ2n) is 17.5. The summed E-state index contributed by atoms with van der Waals surface area (Å²) in [5.74, 6) is 1.95. The normalized spacial score (nSPS) is 22.2. The number of likely N-dealkylation sites (tertiary alicyclic amines) is 2. The van der Waals surface area contributed by atoms with Crippen LogP contribution in [-0.2, 0) is 16.1 Å². The van der Waals surface area contributed by atoms with Gasteiger partial charge in [-0.15, -0.1) is 0 Å². The van der Waals surface area contributed by atoms with Crippen LogP contribution in [0.1, 0.15) is 79.8 Å². The van der Waals surface area contributed by atoms with E-state index >= 15 is 0 Å². The Kier molecular flexibility index (Phi) is 10.9. The Labute approximate surface area is 356 Å². The van der Waals surface area contributed by atoms with Crippen molar-refractivity contribution in [3.05, 3.63) is 90.3 Å². The molecule has 14 heteroatoms. The fourth-order valence-electron chi connectivity index (χ4n) is 10.4.